The van der Waals surface area contributed by atoms with E-state index < -0.39 is 0 Å². The van der Waals surface area contributed by atoms with E-state index in [4.69, 9.17) is 24.9 Å². The van der Waals surface area contributed by atoms with Crippen LogP contribution in [0.25, 0.3) is 106 Å². The smallest absolute Gasteiger partial charge is 0.164 e. The number of fused-ring (bicyclic) bond motifs is 6. The van der Waals surface area contributed by atoms with E-state index in [0.29, 0.717) is 34.3 Å². The average Bonchev–Trinajstić information content (AvgIpc) is 3.88. The Morgan fingerprint density at radius 1 is 0.411 bits per heavy atom. The van der Waals surface area contributed by atoms with Gasteiger partial charge in [-0.3, -0.25) is 0 Å². The van der Waals surface area contributed by atoms with E-state index in [2.05, 4.69) is 0 Å². The van der Waals surface area contributed by atoms with E-state index in [1.807, 2.05) is 146 Å². The lowest BCUT2D eigenvalue weighted by Gasteiger charge is -2.17. The Balaban J connectivity index is 1.20. The van der Waals surface area contributed by atoms with Crippen LogP contribution >= 0.6 is 0 Å². The molecule has 0 radical (unpaired) electrons. The fourth-order valence-corrected chi connectivity index (χ4v) is 7.62. The third kappa shape index (κ3) is 5.29. The summed E-state index contributed by atoms with van der Waals surface area (Å²) >= 11 is 0. The lowest BCUT2D eigenvalue weighted by atomic mass is 9.95. The maximum absolute atomic E-state index is 9.28. The molecule has 0 saturated carbocycles. The van der Waals surface area contributed by atoms with Gasteiger partial charge in [-0.05, 0) is 41.4 Å². The molecule has 0 spiro atoms. The summed E-state index contributed by atoms with van der Waals surface area (Å²) in [6.07, 6.45) is 0. The quantitative estimate of drug-likeness (QED) is 0.171. The number of benzene rings is 8. The summed E-state index contributed by atoms with van der Waals surface area (Å²) < 4.78 is 62.2. The molecule has 3 heterocycles. The molecular formula is C51H32N4O. The minimum absolute atomic E-state index is 0.0425. The fraction of sp³-hybridized carbons (Fsp3) is 0. The van der Waals surface area contributed by atoms with Crippen LogP contribution in [0.4, 0.5) is 0 Å². The Kier molecular flexibility index (Phi) is 6.10. The van der Waals surface area contributed by atoms with Crippen molar-refractivity contribution in [1.29, 1.82) is 0 Å². The summed E-state index contributed by atoms with van der Waals surface area (Å²) in [5.41, 5.74) is 8.09. The Morgan fingerprint density at radius 3 is 1.66 bits per heavy atom. The second-order valence-electron chi connectivity index (χ2n) is 13.5. The first-order valence-electron chi connectivity index (χ1n) is 21.3. The summed E-state index contributed by atoms with van der Waals surface area (Å²) in [6.45, 7) is 0. The molecule has 5 nitrogen and oxygen atoms in total. The molecule has 8 aromatic carbocycles. The molecule has 0 aliphatic rings. The summed E-state index contributed by atoms with van der Waals surface area (Å²) in [5, 5.41) is 2.31. The molecule has 0 aliphatic heterocycles. The molecule has 0 bridgehead atoms. The van der Waals surface area contributed by atoms with Crippen molar-refractivity contribution < 1.29 is 12.6 Å². The predicted octanol–water partition coefficient (Wildman–Crippen LogP) is 13.2. The van der Waals surface area contributed by atoms with E-state index in [0.717, 1.165) is 49.7 Å². The Hall–Kier alpha value is -7.63. The summed E-state index contributed by atoms with van der Waals surface area (Å²) in [5.74, 6) is 1.53. The number of rotatable bonds is 6. The highest BCUT2D eigenvalue weighted by molar-refractivity contribution is 6.11. The van der Waals surface area contributed by atoms with Crippen LogP contribution in [0, 0.1) is 0 Å². The molecule has 0 fully saturated rings. The van der Waals surface area contributed by atoms with Gasteiger partial charge in [0.25, 0.3) is 0 Å². The maximum Gasteiger partial charge on any atom is 0.164 e. The first-order chi connectivity index (χ1) is 30.2. The van der Waals surface area contributed by atoms with Crippen molar-refractivity contribution in [3.05, 3.63) is 194 Å². The Morgan fingerprint density at radius 2 is 0.964 bits per heavy atom. The summed E-state index contributed by atoms with van der Waals surface area (Å²) in [7, 11) is 0. The highest BCUT2D eigenvalue weighted by Crippen LogP contribution is 2.41. The van der Waals surface area contributed by atoms with Crippen molar-refractivity contribution in [2.45, 2.75) is 0 Å². The molecule has 0 aliphatic carbocycles. The molecule has 0 saturated heterocycles. The van der Waals surface area contributed by atoms with E-state index in [1.54, 1.807) is 4.57 Å². The standard InChI is InChI=1S/C51H32N4O/c1-3-15-33(16-4-1)49-52-50(34-17-5-2-6-18-34)54-51(53-49)37-20-13-19-35(31-37)38-30-29-36(39-24-14-25-43-42-23-9-12-28-47(42)56-48(39)43)32-46(38)55-44-26-10-7-21-40(44)41-22-8-11-27-45(41)55/h1-32H/i7D,8D,21D,22D,26D,27D. The number of furan rings is 1. The zero-order chi connectivity index (χ0) is 42.2. The second-order valence-corrected chi connectivity index (χ2v) is 13.5. The van der Waals surface area contributed by atoms with Crippen molar-refractivity contribution in [3.63, 3.8) is 0 Å². The van der Waals surface area contributed by atoms with Gasteiger partial charge in [-0.25, -0.2) is 15.0 Å². The van der Waals surface area contributed by atoms with Crippen molar-refractivity contribution in [1.82, 2.24) is 19.5 Å². The van der Waals surface area contributed by atoms with E-state index in [-0.39, 0.29) is 58.1 Å². The SMILES string of the molecule is [2H]c1cc([2H])c2c(c1[2H])c1c([2H])c([2H])cc([2H])c1n2-c1cc(-c2cccc3c2oc2ccccc23)ccc1-c1cccc(-c2nc(-c3ccccc3)nc(-c3ccccc3)n2)c1. The molecule has 0 amide bonds. The van der Waals surface area contributed by atoms with Crippen LogP contribution in [-0.2, 0) is 0 Å². The van der Waals surface area contributed by atoms with Crippen LogP contribution in [0.3, 0.4) is 0 Å². The van der Waals surface area contributed by atoms with Gasteiger partial charge in [0.1, 0.15) is 11.2 Å². The van der Waals surface area contributed by atoms with Gasteiger partial charge in [0, 0.05) is 49.4 Å². The monoisotopic (exact) mass is 722 g/mol. The second kappa shape index (κ2) is 13.0. The third-order valence-corrected chi connectivity index (χ3v) is 10.2. The van der Waals surface area contributed by atoms with E-state index in [9.17, 15) is 2.74 Å². The van der Waals surface area contributed by atoms with Gasteiger partial charge in [-0.1, -0.05) is 164 Å². The minimum Gasteiger partial charge on any atom is -0.455 e. The third-order valence-electron chi connectivity index (χ3n) is 10.2. The van der Waals surface area contributed by atoms with Gasteiger partial charge in [0.15, 0.2) is 17.5 Å². The van der Waals surface area contributed by atoms with Crippen molar-refractivity contribution in [3.8, 4) is 62.1 Å². The number of nitrogens with zero attached hydrogens (tertiary/aromatic N) is 4. The van der Waals surface area contributed by atoms with Crippen LogP contribution in [-0.4, -0.2) is 19.5 Å². The van der Waals surface area contributed by atoms with Crippen LogP contribution < -0.4 is 0 Å². The molecule has 11 rings (SSSR count). The van der Waals surface area contributed by atoms with Gasteiger partial charge in [0.2, 0.25) is 0 Å². The predicted molar refractivity (Wildman–Crippen MR) is 229 cm³/mol. The Bertz CT molecular complexity index is 3480. The van der Waals surface area contributed by atoms with Crippen LogP contribution in [0.5, 0.6) is 0 Å². The molecule has 0 N–H and O–H groups in total. The molecule has 0 atom stereocenters. The molecular weight excluding hydrogens is 685 g/mol. The molecule has 3 aromatic heterocycles. The van der Waals surface area contributed by atoms with Gasteiger partial charge >= 0.3 is 0 Å². The van der Waals surface area contributed by atoms with Gasteiger partial charge in [0.05, 0.1) is 24.9 Å². The van der Waals surface area contributed by atoms with Crippen molar-refractivity contribution >= 4 is 43.7 Å². The molecule has 0 unspecified atom stereocenters. The van der Waals surface area contributed by atoms with Crippen LogP contribution in [0.2, 0.25) is 0 Å². The summed E-state index contributed by atoms with van der Waals surface area (Å²) in [6, 6.07) is 49.2. The van der Waals surface area contributed by atoms with Gasteiger partial charge < -0.3 is 8.98 Å². The van der Waals surface area contributed by atoms with Gasteiger partial charge in [-0.15, -0.1) is 0 Å². The number of aromatic nitrogens is 4. The topological polar surface area (TPSA) is 56.7 Å². The maximum atomic E-state index is 9.28. The van der Waals surface area contributed by atoms with Crippen LogP contribution in [0.15, 0.2) is 198 Å². The highest BCUT2D eigenvalue weighted by atomic mass is 16.3. The zero-order valence-electron chi connectivity index (χ0n) is 35.7. The highest BCUT2D eigenvalue weighted by Gasteiger charge is 2.20. The number of hydrogen-bond acceptors (Lipinski definition) is 4. The lowest BCUT2D eigenvalue weighted by molar-refractivity contribution is 0.670. The average molecular weight is 723 g/mol. The van der Waals surface area contributed by atoms with Gasteiger partial charge in [-0.2, -0.15) is 0 Å². The van der Waals surface area contributed by atoms with Crippen molar-refractivity contribution in [2.75, 3.05) is 0 Å². The lowest BCUT2D eigenvalue weighted by Crippen LogP contribution is -2.01. The van der Waals surface area contributed by atoms with Crippen molar-refractivity contribution in [2.24, 2.45) is 0 Å². The fourth-order valence-electron chi connectivity index (χ4n) is 7.62. The zero-order valence-corrected chi connectivity index (χ0v) is 29.7. The molecule has 11 aromatic rings. The minimum atomic E-state index is -0.178. The normalized spacial score (nSPS) is 13.1. The van der Waals surface area contributed by atoms with E-state index in [1.165, 1.54) is 12.1 Å². The summed E-state index contributed by atoms with van der Waals surface area (Å²) in [4.78, 5) is 14.8. The number of para-hydroxylation sites is 4. The number of hydrogen-bond donors (Lipinski definition) is 0. The molecule has 262 valence electrons. The Labute approximate surface area is 331 Å². The first kappa shape index (κ1) is 26.2. The van der Waals surface area contributed by atoms with Crippen LogP contribution in [0.1, 0.15) is 8.22 Å². The molecule has 56 heavy (non-hydrogen) atoms. The largest absolute Gasteiger partial charge is 0.455 e. The first-order valence-corrected chi connectivity index (χ1v) is 18.3. The van der Waals surface area contributed by atoms with E-state index >= 15 is 0 Å². The molecule has 5 heteroatoms.